The van der Waals surface area contributed by atoms with E-state index < -0.39 is 0 Å². The Bertz CT molecular complexity index is 699. The average molecular weight is 421 g/mol. The van der Waals surface area contributed by atoms with Crippen LogP contribution in [-0.4, -0.2) is 81.7 Å². The maximum Gasteiger partial charge on any atom is 0.337 e. The van der Waals surface area contributed by atoms with Crippen LogP contribution in [0, 0.1) is 23.7 Å². The summed E-state index contributed by atoms with van der Waals surface area (Å²) in [4.78, 5) is 15.1. The van der Waals surface area contributed by atoms with E-state index >= 15 is 0 Å². The van der Waals surface area contributed by atoms with E-state index in [2.05, 4.69) is 17.1 Å². The number of nitrogens with one attached hydrogen (secondary N) is 1. The maximum atomic E-state index is 12.4. The third kappa shape index (κ3) is 3.20. The summed E-state index contributed by atoms with van der Waals surface area (Å²) in [5.74, 6) is 1.64. The van der Waals surface area contributed by atoms with Gasteiger partial charge in [0.05, 0.1) is 37.3 Å². The summed E-state index contributed by atoms with van der Waals surface area (Å²) in [5, 5.41) is 4.02. The molecule has 7 heteroatoms. The first-order valence-electron chi connectivity index (χ1n) is 11.5. The summed E-state index contributed by atoms with van der Waals surface area (Å²) in [6.07, 6.45) is 6.48. The van der Waals surface area contributed by atoms with Gasteiger partial charge in [-0.1, -0.05) is 0 Å². The second-order valence-corrected chi connectivity index (χ2v) is 9.91. The van der Waals surface area contributed by atoms with E-state index in [1.54, 1.807) is 13.4 Å². The first kappa shape index (κ1) is 20.7. The number of hydrogen-bond acceptors (Lipinski definition) is 7. The maximum absolute atomic E-state index is 12.4. The molecular weight excluding hydrogens is 384 g/mol. The van der Waals surface area contributed by atoms with Gasteiger partial charge in [0, 0.05) is 50.7 Å². The van der Waals surface area contributed by atoms with Gasteiger partial charge in [0.15, 0.2) is 0 Å². The highest BCUT2D eigenvalue weighted by atomic mass is 16.5. The zero-order valence-corrected chi connectivity index (χ0v) is 18.6. The molecule has 0 aromatic heterocycles. The SMILES string of the molecule is COC(=O)C1=COC(C)C2CN3CCC4C5CC(OC)C(OC)CC5NC4C3CC12. The van der Waals surface area contributed by atoms with Crippen molar-refractivity contribution in [3.05, 3.63) is 11.8 Å². The molecule has 30 heavy (non-hydrogen) atoms. The number of fused-ring (bicyclic) bond motifs is 6. The highest BCUT2D eigenvalue weighted by molar-refractivity contribution is 5.89. The van der Waals surface area contributed by atoms with Gasteiger partial charge in [-0.3, -0.25) is 4.90 Å². The molecule has 0 bridgehead atoms. The van der Waals surface area contributed by atoms with Crippen molar-refractivity contribution in [3.8, 4) is 0 Å². The molecule has 4 heterocycles. The summed E-state index contributed by atoms with van der Waals surface area (Å²) in [6.45, 7) is 4.26. The fourth-order valence-electron chi connectivity index (χ4n) is 7.33. The van der Waals surface area contributed by atoms with Gasteiger partial charge in [0.2, 0.25) is 0 Å². The van der Waals surface area contributed by atoms with Gasteiger partial charge >= 0.3 is 5.97 Å². The van der Waals surface area contributed by atoms with Crippen molar-refractivity contribution in [1.29, 1.82) is 0 Å². The van der Waals surface area contributed by atoms with Crippen LogP contribution in [0.3, 0.4) is 0 Å². The summed E-state index contributed by atoms with van der Waals surface area (Å²) in [5.41, 5.74) is 0.719. The van der Waals surface area contributed by atoms with Crippen molar-refractivity contribution >= 4 is 5.97 Å². The zero-order chi connectivity index (χ0) is 21.0. The summed E-state index contributed by atoms with van der Waals surface area (Å²) in [7, 11) is 5.08. The number of esters is 1. The van der Waals surface area contributed by atoms with Gasteiger partial charge in [0.1, 0.15) is 0 Å². The molecule has 168 valence electrons. The third-order valence-electron chi connectivity index (χ3n) is 8.87. The van der Waals surface area contributed by atoms with E-state index in [1.807, 2.05) is 7.11 Å². The molecule has 0 amide bonds. The Morgan fingerprint density at radius 2 is 1.87 bits per heavy atom. The molecule has 5 aliphatic rings. The normalized spacial score (nSPS) is 47.8. The summed E-state index contributed by atoms with van der Waals surface area (Å²) in [6, 6.07) is 1.43. The molecule has 10 unspecified atom stereocenters. The number of carbonyl (C=O) groups excluding carboxylic acids is 1. The minimum absolute atomic E-state index is 0.131. The van der Waals surface area contributed by atoms with Crippen LogP contribution < -0.4 is 5.32 Å². The molecule has 0 spiro atoms. The molecule has 1 N–H and O–H groups in total. The number of hydrogen-bond donors (Lipinski definition) is 1. The number of methoxy groups -OCH3 is 3. The fourth-order valence-corrected chi connectivity index (χ4v) is 7.33. The molecule has 4 fully saturated rings. The van der Waals surface area contributed by atoms with Crippen molar-refractivity contribution in [3.63, 3.8) is 0 Å². The standard InChI is InChI=1S/C23H36N2O5/c1-12-16-10-25-6-5-13-15-8-20(27-2)21(28-3)9-18(15)24-22(13)19(25)7-14(16)17(11-30-12)23(26)29-4/h11-16,18-22,24H,5-10H2,1-4H3. The van der Waals surface area contributed by atoms with Gasteiger partial charge in [0.25, 0.3) is 0 Å². The Balaban J connectivity index is 1.37. The lowest BCUT2D eigenvalue weighted by Crippen LogP contribution is -2.62. The molecule has 4 aliphatic heterocycles. The van der Waals surface area contributed by atoms with Gasteiger partial charge in [-0.25, -0.2) is 4.79 Å². The minimum Gasteiger partial charge on any atom is -0.497 e. The Morgan fingerprint density at radius 3 is 2.60 bits per heavy atom. The van der Waals surface area contributed by atoms with Gasteiger partial charge in [-0.15, -0.1) is 0 Å². The second kappa shape index (κ2) is 8.08. The van der Waals surface area contributed by atoms with Crippen LogP contribution >= 0.6 is 0 Å². The Hall–Kier alpha value is -1.15. The Kier molecular flexibility index (Phi) is 5.58. The zero-order valence-electron chi connectivity index (χ0n) is 18.6. The molecule has 1 saturated carbocycles. The first-order valence-corrected chi connectivity index (χ1v) is 11.5. The smallest absolute Gasteiger partial charge is 0.337 e. The van der Waals surface area contributed by atoms with Crippen LogP contribution in [0.5, 0.6) is 0 Å². The Labute approximate surface area is 179 Å². The molecule has 7 nitrogen and oxygen atoms in total. The highest BCUT2D eigenvalue weighted by Gasteiger charge is 2.56. The Morgan fingerprint density at radius 1 is 1.10 bits per heavy atom. The summed E-state index contributed by atoms with van der Waals surface area (Å²) < 4.78 is 22.5. The molecule has 0 radical (unpaired) electrons. The lowest BCUT2D eigenvalue weighted by Gasteiger charge is -2.53. The average Bonchev–Trinajstić information content (AvgIpc) is 3.14. The number of rotatable bonds is 3. The molecule has 1 aliphatic carbocycles. The lowest BCUT2D eigenvalue weighted by atomic mass is 9.67. The van der Waals surface area contributed by atoms with Crippen molar-refractivity contribution in [2.75, 3.05) is 34.4 Å². The van der Waals surface area contributed by atoms with Gasteiger partial charge in [-0.05, 0) is 51.0 Å². The molecule has 5 rings (SSSR count). The number of nitrogens with zero attached hydrogens (tertiary/aromatic N) is 1. The van der Waals surface area contributed by atoms with Crippen LogP contribution in [0.2, 0.25) is 0 Å². The molecule has 10 atom stereocenters. The van der Waals surface area contributed by atoms with E-state index in [9.17, 15) is 4.79 Å². The van der Waals surface area contributed by atoms with Crippen LogP contribution in [-0.2, 0) is 23.7 Å². The number of ether oxygens (including phenoxy) is 4. The second-order valence-electron chi connectivity index (χ2n) is 9.91. The van der Waals surface area contributed by atoms with E-state index in [0.717, 1.165) is 37.9 Å². The molecule has 0 aromatic carbocycles. The third-order valence-corrected chi connectivity index (χ3v) is 8.87. The van der Waals surface area contributed by atoms with Crippen molar-refractivity contribution in [2.45, 2.75) is 69.0 Å². The predicted molar refractivity (Wildman–Crippen MR) is 111 cm³/mol. The minimum atomic E-state index is -0.239. The van der Waals surface area contributed by atoms with E-state index in [0.29, 0.717) is 35.9 Å². The van der Waals surface area contributed by atoms with Crippen molar-refractivity contribution in [2.24, 2.45) is 23.7 Å². The first-order chi connectivity index (χ1) is 14.5. The van der Waals surface area contributed by atoms with Gasteiger partial charge in [-0.2, -0.15) is 0 Å². The van der Waals surface area contributed by atoms with E-state index in [-0.39, 0.29) is 30.2 Å². The predicted octanol–water partition coefficient (Wildman–Crippen LogP) is 1.57. The quantitative estimate of drug-likeness (QED) is 0.695. The lowest BCUT2D eigenvalue weighted by molar-refractivity contribution is -0.139. The highest BCUT2D eigenvalue weighted by Crippen LogP contribution is 2.49. The molecule has 3 saturated heterocycles. The van der Waals surface area contributed by atoms with Crippen LogP contribution in [0.25, 0.3) is 0 Å². The van der Waals surface area contributed by atoms with Crippen LogP contribution in [0.15, 0.2) is 11.8 Å². The summed E-state index contributed by atoms with van der Waals surface area (Å²) >= 11 is 0. The van der Waals surface area contributed by atoms with Crippen molar-refractivity contribution < 1.29 is 23.7 Å². The number of carbonyl (C=O) groups is 1. The van der Waals surface area contributed by atoms with Crippen molar-refractivity contribution in [1.82, 2.24) is 10.2 Å². The van der Waals surface area contributed by atoms with Gasteiger partial charge < -0.3 is 24.3 Å². The van der Waals surface area contributed by atoms with Crippen LogP contribution in [0.4, 0.5) is 0 Å². The topological polar surface area (TPSA) is 69.3 Å². The number of piperidine rings is 2. The largest absolute Gasteiger partial charge is 0.497 e. The molecule has 0 aromatic rings. The van der Waals surface area contributed by atoms with E-state index in [4.69, 9.17) is 18.9 Å². The monoisotopic (exact) mass is 420 g/mol. The van der Waals surface area contributed by atoms with Crippen LogP contribution in [0.1, 0.15) is 32.6 Å². The fraction of sp³-hybridized carbons (Fsp3) is 0.870. The van der Waals surface area contributed by atoms with E-state index in [1.165, 1.54) is 13.5 Å². The molecular formula is C23H36N2O5.